The van der Waals surface area contributed by atoms with Crippen LogP contribution in [0.5, 0.6) is 11.5 Å². The molecule has 5 nitrogen and oxygen atoms in total. The van der Waals surface area contributed by atoms with E-state index in [1.54, 1.807) is 12.1 Å². The zero-order chi connectivity index (χ0) is 15.3. The number of nitrogens with one attached hydrogen (secondary N) is 2. The van der Waals surface area contributed by atoms with Gasteiger partial charge in [0.1, 0.15) is 11.5 Å². The Hall–Kier alpha value is -1.75. The van der Waals surface area contributed by atoms with Crippen LogP contribution in [0, 0.1) is 0 Å². The Bertz CT molecular complexity index is 496. The number of hydrogen-bond donors (Lipinski definition) is 3. The number of carbonyl (C=O) groups is 1. The molecule has 0 heterocycles. The summed E-state index contributed by atoms with van der Waals surface area (Å²) in [6, 6.07) is 4.85. The summed E-state index contributed by atoms with van der Waals surface area (Å²) in [4.78, 5) is 12.3. The highest BCUT2D eigenvalue weighted by atomic mass is 16.5. The first kappa shape index (κ1) is 15.6. The molecule has 0 aliphatic heterocycles. The van der Waals surface area contributed by atoms with E-state index in [1.165, 1.54) is 19.6 Å². The molecule has 0 spiro atoms. The Kier molecular flexibility index (Phi) is 5.07. The van der Waals surface area contributed by atoms with Crippen molar-refractivity contribution >= 4 is 11.6 Å². The van der Waals surface area contributed by atoms with Crippen LogP contribution in [0.2, 0.25) is 0 Å². The van der Waals surface area contributed by atoms with E-state index in [1.807, 2.05) is 7.05 Å². The molecule has 116 valence electrons. The number of aromatic hydroxyl groups is 1. The van der Waals surface area contributed by atoms with E-state index in [0.29, 0.717) is 17.9 Å². The van der Waals surface area contributed by atoms with Gasteiger partial charge in [-0.25, -0.2) is 0 Å². The van der Waals surface area contributed by atoms with E-state index in [9.17, 15) is 9.90 Å². The minimum atomic E-state index is -0.107. The van der Waals surface area contributed by atoms with Gasteiger partial charge in [-0.1, -0.05) is 19.3 Å². The van der Waals surface area contributed by atoms with Gasteiger partial charge in [0, 0.05) is 18.0 Å². The molecule has 1 amide bonds. The number of anilines is 1. The van der Waals surface area contributed by atoms with Crippen molar-refractivity contribution in [3.8, 4) is 11.5 Å². The van der Waals surface area contributed by atoms with Crippen LogP contribution in [0.4, 0.5) is 5.69 Å². The molecule has 0 bridgehead atoms. The molecule has 1 aromatic rings. The highest BCUT2D eigenvalue weighted by molar-refractivity contribution is 5.93. The van der Waals surface area contributed by atoms with E-state index in [-0.39, 0.29) is 17.2 Å². The van der Waals surface area contributed by atoms with Crippen molar-refractivity contribution in [2.24, 2.45) is 0 Å². The third-order valence-electron chi connectivity index (χ3n) is 4.32. The summed E-state index contributed by atoms with van der Waals surface area (Å²) in [6.07, 6.45) is 6.01. The van der Waals surface area contributed by atoms with Crippen molar-refractivity contribution in [2.45, 2.75) is 44.1 Å². The molecule has 1 fully saturated rings. The number of benzene rings is 1. The average Bonchev–Trinajstić information content (AvgIpc) is 2.50. The molecule has 1 aliphatic rings. The van der Waals surface area contributed by atoms with E-state index < -0.39 is 0 Å². The molecule has 0 radical (unpaired) electrons. The van der Waals surface area contributed by atoms with Crippen LogP contribution in [0.1, 0.15) is 38.5 Å². The summed E-state index contributed by atoms with van der Waals surface area (Å²) in [5.41, 5.74) is 0.313. The first-order valence-corrected chi connectivity index (χ1v) is 7.44. The SMILES string of the molecule is CNC1(CC(=O)Nc2ccc(OC)cc2O)CCCCC1. The second kappa shape index (κ2) is 6.80. The van der Waals surface area contributed by atoms with Crippen LogP contribution in [-0.2, 0) is 4.79 Å². The molecule has 3 N–H and O–H groups in total. The number of ether oxygens (including phenoxy) is 1. The van der Waals surface area contributed by atoms with Crippen LogP contribution in [0.3, 0.4) is 0 Å². The maximum atomic E-state index is 12.3. The van der Waals surface area contributed by atoms with Gasteiger partial charge in [-0.05, 0) is 32.0 Å². The van der Waals surface area contributed by atoms with Crippen LogP contribution >= 0.6 is 0 Å². The smallest absolute Gasteiger partial charge is 0.226 e. The number of carbonyl (C=O) groups excluding carboxylic acids is 1. The normalized spacial score (nSPS) is 17.2. The molecule has 0 saturated heterocycles. The summed E-state index contributed by atoms with van der Waals surface area (Å²) in [7, 11) is 3.45. The zero-order valence-corrected chi connectivity index (χ0v) is 12.7. The first-order chi connectivity index (χ1) is 10.1. The Labute approximate surface area is 125 Å². The minimum Gasteiger partial charge on any atom is -0.506 e. The van der Waals surface area contributed by atoms with Gasteiger partial charge in [0.25, 0.3) is 0 Å². The zero-order valence-electron chi connectivity index (χ0n) is 12.7. The maximum Gasteiger partial charge on any atom is 0.226 e. The molecule has 1 aliphatic carbocycles. The molecule has 1 aromatic carbocycles. The first-order valence-electron chi connectivity index (χ1n) is 7.44. The predicted octanol–water partition coefficient (Wildman–Crippen LogP) is 2.65. The van der Waals surface area contributed by atoms with E-state index in [4.69, 9.17) is 4.74 Å². The molecule has 21 heavy (non-hydrogen) atoms. The quantitative estimate of drug-likeness (QED) is 0.730. The largest absolute Gasteiger partial charge is 0.506 e. The summed E-state index contributed by atoms with van der Waals surface area (Å²) in [6.45, 7) is 0. The standard InChI is InChI=1S/C16H24N2O3/c1-17-16(8-4-3-5-9-16)11-15(20)18-13-7-6-12(21-2)10-14(13)19/h6-7,10,17,19H,3-5,8-9,11H2,1-2H3,(H,18,20). The lowest BCUT2D eigenvalue weighted by Crippen LogP contribution is -2.47. The van der Waals surface area contributed by atoms with Crippen molar-refractivity contribution in [1.29, 1.82) is 0 Å². The topological polar surface area (TPSA) is 70.6 Å². The molecule has 5 heteroatoms. The minimum absolute atomic E-state index is 0.0184. The average molecular weight is 292 g/mol. The van der Waals surface area contributed by atoms with Gasteiger partial charge >= 0.3 is 0 Å². The van der Waals surface area contributed by atoms with Gasteiger partial charge < -0.3 is 20.5 Å². The molecular formula is C16H24N2O3. The molecule has 1 saturated carbocycles. The third kappa shape index (κ3) is 3.88. The van der Waals surface area contributed by atoms with Crippen molar-refractivity contribution in [1.82, 2.24) is 5.32 Å². The lowest BCUT2D eigenvalue weighted by atomic mass is 9.79. The Morgan fingerprint density at radius 1 is 1.33 bits per heavy atom. The molecule has 0 aromatic heterocycles. The predicted molar refractivity (Wildman–Crippen MR) is 82.8 cm³/mol. The summed E-state index contributed by atoms with van der Waals surface area (Å²) in [5, 5.41) is 16.0. The lowest BCUT2D eigenvalue weighted by molar-refractivity contribution is -0.117. The van der Waals surface area contributed by atoms with Gasteiger partial charge in [-0.15, -0.1) is 0 Å². The van der Waals surface area contributed by atoms with E-state index >= 15 is 0 Å². The number of hydrogen-bond acceptors (Lipinski definition) is 4. The van der Waals surface area contributed by atoms with Crippen molar-refractivity contribution in [3.05, 3.63) is 18.2 Å². The number of phenolic OH excluding ortho intramolecular Hbond substituents is 1. The second-order valence-corrected chi connectivity index (χ2v) is 5.70. The molecule has 2 rings (SSSR count). The molecular weight excluding hydrogens is 268 g/mol. The fourth-order valence-electron chi connectivity index (χ4n) is 2.99. The highest BCUT2D eigenvalue weighted by Gasteiger charge is 2.32. The lowest BCUT2D eigenvalue weighted by Gasteiger charge is -2.36. The molecule has 0 atom stereocenters. The third-order valence-corrected chi connectivity index (χ3v) is 4.32. The fraction of sp³-hybridized carbons (Fsp3) is 0.562. The van der Waals surface area contributed by atoms with Gasteiger partial charge in [0.2, 0.25) is 5.91 Å². The van der Waals surface area contributed by atoms with Crippen molar-refractivity contribution in [3.63, 3.8) is 0 Å². The molecule has 0 unspecified atom stereocenters. The number of phenols is 1. The van der Waals surface area contributed by atoms with Gasteiger partial charge in [-0.2, -0.15) is 0 Å². The Morgan fingerprint density at radius 3 is 2.62 bits per heavy atom. The highest BCUT2D eigenvalue weighted by Crippen LogP contribution is 2.32. The number of methoxy groups -OCH3 is 1. The maximum absolute atomic E-state index is 12.3. The van der Waals surface area contributed by atoms with Crippen LogP contribution in [0.25, 0.3) is 0 Å². The Morgan fingerprint density at radius 2 is 2.05 bits per heavy atom. The van der Waals surface area contributed by atoms with Gasteiger partial charge in [-0.3, -0.25) is 4.79 Å². The second-order valence-electron chi connectivity index (χ2n) is 5.70. The monoisotopic (exact) mass is 292 g/mol. The number of amides is 1. The Balaban J connectivity index is 2.00. The van der Waals surface area contributed by atoms with Crippen LogP contribution in [0.15, 0.2) is 18.2 Å². The van der Waals surface area contributed by atoms with Crippen molar-refractivity contribution in [2.75, 3.05) is 19.5 Å². The summed E-state index contributed by atoms with van der Waals surface area (Å²) < 4.78 is 5.03. The van der Waals surface area contributed by atoms with Crippen molar-refractivity contribution < 1.29 is 14.6 Å². The summed E-state index contributed by atoms with van der Waals surface area (Å²) in [5.74, 6) is 0.501. The van der Waals surface area contributed by atoms with Gasteiger partial charge in [0.15, 0.2) is 0 Å². The number of rotatable bonds is 5. The van der Waals surface area contributed by atoms with Gasteiger partial charge in [0.05, 0.1) is 12.8 Å². The van der Waals surface area contributed by atoms with Crippen LogP contribution in [-0.4, -0.2) is 30.7 Å². The summed E-state index contributed by atoms with van der Waals surface area (Å²) >= 11 is 0. The van der Waals surface area contributed by atoms with E-state index in [2.05, 4.69) is 10.6 Å². The fourth-order valence-corrected chi connectivity index (χ4v) is 2.99. The van der Waals surface area contributed by atoms with Crippen LogP contribution < -0.4 is 15.4 Å². The van der Waals surface area contributed by atoms with E-state index in [0.717, 1.165) is 25.7 Å².